The topological polar surface area (TPSA) is 60.9 Å². The lowest BCUT2D eigenvalue weighted by molar-refractivity contribution is 0.0696. The Kier molecular flexibility index (Phi) is 7.22. The van der Waals surface area contributed by atoms with Crippen molar-refractivity contribution >= 4 is 21.6 Å². The maximum Gasteiger partial charge on any atom is 0.255 e. The molecule has 1 aromatic rings. The third kappa shape index (κ3) is 4.92. The number of piperidine rings is 2. The van der Waals surface area contributed by atoms with Crippen molar-refractivity contribution in [2.24, 2.45) is 0 Å². The Bertz CT molecular complexity index is 868. The van der Waals surface area contributed by atoms with E-state index < -0.39 is 10.0 Å². The molecule has 2 saturated heterocycles. The van der Waals surface area contributed by atoms with Crippen LogP contribution in [0.25, 0.3) is 0 Å². The zero-order chi connectivity index (χ0) is 21.8. The number of carbonyl (C=O) groups is 1. The van der Waals surface area contributed by atoms with Crippen LogP contribution >= 0.6 is 0 Å². The van der Waals surface area contributed by atoms with Crippen molar-refractivity contribution in [1.82, 2.24) is 9.21 Å². The Morgan fingerprint density at radius 1 is 0.871 bits per heavy atom. The van der Waals surface area contributed by atoms with Crippen LogP contribution < -0.4 is 4.90 Å². The SMILES string of the molecule is CN(C(=O)c1cc(S(=O)(=O)N2CCCCC2)ccc1N1CCCCC1)C1CCCCC1. The molecule has 0 spiro atoms. The highest BCUT2D eigenvalue weighted by Gasteiger charge is 2.31. The number of carbonyl (C=O) groups excluding carboxylic acids is 1. The molecule has 0 unspecified atom stereocenters. The van der Waals surface area contributed by atoms with Gasteiger partial charge in [0.2, 0.25) is 10.0 Å². The minimum Gasteiger partial charge on any atom is -0.371 e. The first-order valence-electron chi connectivity index (χ1n) is 12.1. The van der Waals surface area contributed by atoms with Crippen LogP contribution in [0.4, 0.5) is 5.69 Å². The first kappa shape index (κ1) is 22.6. The molecular formula is C24H37N3O3S. The van der Waals surface area contributed by atoms with E-state index in [0.717, 1.165) is 76.6 Å². The average molecular weight is 448 g/mol. The van der Waals surface area contributed by atoms with Gasteiger partial charge in [0.1, 0.15) is 0 Å². The molecular weight excluding hydrogens is 410 g/mol. The van der Waals surface area contributed by atoms with E-state index in [4.69, 9.17) is 0 Å². The number of anilines is 1. The third-order valence-electron chi connectivity index (χ3n) is 7.29. The number of nitrogens with zero attached hydrogens (tertiary/aromatic N) is 3. The summed E-state index contributed by atoms with van der Waals surface area (Å²) in [5, 5.41) is 0. The highest BCUT2D eigenvalue weighted by molar-refractivity contribution is 7.89. The van der Waals surface area contributed by atoms with E-state index in [-0.39, 0.29) is 16.8 Å². The van der Waals surface area contributed by atoms with Crippen molar-refractivity contribution in [3.8, 4) is 0 Å². The fourth-order valence-corrected chi connectivity index (χ4v) is 6.88. The fraction of sp³-hybridized carbons (Fsp3) is 0.708. The summed E-state index contributed by atoms with van der Waals surface area (Å²) < 4.78 is 28.2. The molecule has 7 heteroatoms. The minimum absolute atomic E-state index is 0.0387. The van der Waals surface area contributed by atoms with Crippen LogP contribution in [0.3, 0.4) is 0 Å². The number of rotatable bonds is 5. The first-order chi connectivity index (χ1) is 15.0. The molecule has 31 heavy (non-hydrogen) atoms. The molecule has 0 bridgehead atoms. The molecule has 0 N–H and O–H groups in total. The summed E-state index contributed by atoms with van der Waals surface area (Å²) in [6.07, 6.45) is 11.9. The van der Waals surface area contributed by atoms with Crippen LogP contribution in [0.15, 0.2) is 23.1 Å². The van der Waals surface area contributed by atoms with Gasteiger partial charge in [-0.25, -0.2) is 8.42 Å². The molecule has 1 saturated carbocycles. The summed E-state index contributed by atoms with van der Waals surface area (Å²) in [4.78, 5) is 18.1. The van der Waals surface area contributed by atoms with Crippen LogP contribution in [-0.4, -0.2) is 62.8 Å². The van der Waals surface area contributed by atoms with Gasteiger partial charge in [-0.2, -0.15) is 4.31 Å². The normalized spacial score (nSPS) is 21.8. The molecule has 1 aromatic carbocycles. The van der Waals surface area contributed by atoms with Crippen LogP contribution in [0.2, 0.25) is 0 Å². The summed E-state index contributed by atoms with van der Waals surface area (Å²) >= 11 is 0. The van der Waals surface area contributed by atoms with Gasteiger partial charge in [-0.15, -0.1) is 0 Å². The quantitative estimate of drug-likeness (QED) is 0.677. The molecule has 1 amide bonds. The largest absolute Gasteiger partial charge is 0.371 e. The average Bonchev–Trinajstić information content (AvgIpc) is 2.84. The van der Waals surface area contributed by atoms with Gasteiger partial charge in [-0.1, -0.05) is 25.7 Å². The fourth-order valence-electron chi connectivity index (χ4n) is 5.34. The maximum absolute atomic E-state index is 13.7. The van der Waals surface area contributed by atoms with Gasteiger partial charge in [0, 0.05) is 45.0 Å². The molecule has 0 atom stereocenters. The number of hydrogen-bond acceptors (Lipinski definition) is 4. The predicted molar refractivity (Wildman–Crippen MR) is 124 cm³/mol. The second kappa shape index (κ2) is 9.90. The summed E-state index contributed by atoms with van der Waals surface area (Å²) in [5.41, 5.74) is 1.44. The Balaban J connectivity index is 1.68. The summed E-state index contributed by atoms with van der Waals surface area (Å²) in [6.45, 7) is 2.99. The van der Waals surface area contributed by atoms with E-state index in [1.165, 1.54) is 12.8 Å². The molecule has 1 aliphatic carbocycles. The Labute approximate surface area is 187 Å². The molecule has 0 aromatic heterocycles. The van der Waals surface area contributed by atoms with Gasteiger partial charge in [-0.3, -0.25) is 4.79 Å². The van der Waals surface area contributed by atoms with Crippen LogP contribution in [0.5, 0.6) is 0 Å². The molecule has 6 nitrogen and oxygen atoms in total. The second-order valence-electron chi connectivity index (χ2n) is 9.40. The van der Waals surface area contributed by atoms with E-state index in [9.17, 15) is 13.2 Å². The lowest BCUT2D eigenvalue weighted by Gasteiger charge is -2.34. The second-order valence-corrected chi connectivity index (χ2v) is 11.3. The zero-order valence-electron chi connectivity index (χ0n) is 18.9. The number of sulfonamides is 1. The van der Waals surface area contributed by atoms with E-state index in [2.05, 4.69) is 4.90 Å². The number of benzene rings is 1. The highest BCUT2D eigenvalue weighted by Crippen LogP contribution is 2.31. The van der Waals surface area contributed by atoms with Gasteiger partial charge in [0.05, 0.1) is 10.5 Å². The van der Waals surface area contributed by atoms with Gasteiger partial charge in [0.15, 0.2) is 0 Å². The van der Waals surface area contributed by atoms with Gasteiger partial charge in [0.25, 0.3) is 5.91 Å². The summed E-state index contributed by atoms with van der Waals surface area (Å²) in [6, 6.07) is 5.50. The van der Waals surface area contributed by atoms with Crippen molar-refractivity contribution in [1.29, 1.82) is 0 Å². The van der Waals surface area contributed by atoms with Gasteiger partial charge in [-0.05, 0) is 63.1 Å². The van der Waals surface area contributed by atoms with Crippen molar-refractivity contribution in [2.75, 3.05) is 38.1 Å². The number of amides is 1. The van der Waals surface area contributed by atoms with Gasteiger partial charge < -0.3 is 9.80 Å². The Morgan fingerprint density at radius 2 is 1.45 bits per heavy atom. The lowest BCUT2D eigenvalue weighted by atomic mass is 9.94. The molecule has 0 radical (unpaired) electrons. The minimum atomic E-state index is -3.57. The molecule has 3 fully saturated rings. The van der Waals surface area contributed by atoms with Crippen molar-refractivity contribution in [3.05, 3.63) is 23.8 Å². The van der Waals surface area contributed by atoms with Crippen molar-refractivity contribution < 1.29 is 13.2 Å². The van der Waals surface area contributed by atoms with Crippen molar-refractivity contribution in [2.45, 2.75) is 81.6 Å². The standard InChI is InChI=1S/C24H37N3O3S/c1-25(20-11-5-2-6-12-20)24(28)22-19-21(31(29,30)27-17-9-4-10-18-27)13-14-23(22)26-15-7-3-8-16-26/h13-14,19-20H,2-12,15-18H2,1H3. The van der Waals surface area contributed by atoms with Gasteiger partial charge >= 0.3 is 0 Å². The Hall–Kier alpha value is -1.60. The maximum atomic E-state index is 13.7. The highest BCUT2D eigenvalue weighted by atomic mass is 32.2. The number of hydrogen-bond donors (Lipinski definition) is 0. The molecule has 2 heterocycles. The lowest BCUT2D eigenvalue weighted by Crippen LogP contribution is -2.40. The first-order valence-corrected chi connectivity index (χ1v) is 13.6. The van der Waals surface area contributed by atoms with E-state index in [1.807, 2.05) is 18.0 Å². The van der Waals surface area contributed by atoms with E-state index in [1.54, 1.807) is 16.4 Å². The van der Waals surface area contributed by atoms with Crippen LogP contribution in [0, 0.1) is 0 Å². The molecule has 172 valence electrons. The monoisotopic (exact) mass is 447 g/mol. The van der Waals surface area contributed by atoms with Crippen LogP contribution in [0.1, 0.15) is 81.0 Å². The summed E-state index contributed by atoms with van der Waals surface area (Å²) in [7, 11) is -1.68. The molecule has 2 aliphatic heterocycles. The predicted octanol–water partition coefficient (Wildman–Crippen LogP) is 4.26. The Morgan fingerprint density at radius 3 is 2.10 bits per heavy atom. The summed E-state index contributed by atoms with van der Waals surface area (Å²) in [5.74, 6) is -0.0387. The molecule has 3 aliphatic rings. The van der Waals surface area contributed by atoms with E-state index in [0.29, 0.717) is 18.7 Å². The van der Waals surface area contributed by atoms with E-state index >= 15 is 0 Å². The molecule has 4 rings (SSSR count). The van der Waals surface area contributed by atoms with Crippen LogP contribution in [-0.2, 0) is 10.0 Å². The third-order valence-corrected chi connectivity index (χ3v) is 9.19. The zero-order valence-corrected chi connectivity index (χ0v) is 19.7. The van der Waals surface area contributed by atoms with Crippen molar-refractivity contribution in [3.63, 3.8) is 0 Å². The smallest absolute Gasteiger partial charge is 0.255 e.